The number of carboxylic acid groups (broad SMARTS) is 1. The highest BCUT2D eigenvalue weighted by molar-refractivity contribution is 5.77. The number of aliphatic hydroxyl groups is 23. The zero-order valence-corrected chi connectivity index (χ0v) is 83.3. The number of aliphatic carboxylic acids is 1. The fourth-order valence-corrected chi connectivity index (χ4v) is 19.5. The van der Waals surface area contributed by atoms with E-state index < -0.39 is 346 Å². The molecular formula is C95H168N4O45. The Balaban J connectivity index is 0.971. The highest BCUT2D eigenvalue weighted by Crippen LogP contribution is 2.43. The van der Waals surface area contributed by atoms with Crippen molar-refractivity contribution >= 4 is 29.6 Å². The van der Waals surface area contributed by atoms with Gasteiger partial charge in [-0.05, 0) is 26.2 Å². The summed E-state index contributed by atoms with van der Waals surface area (Å²) in [4.78, 5) is 66.5. The summed E-state index contributed by atoms with van der Waals surface area (Å²) in [5.74, 6) is -8.80. The summed E-state index contributed by atoms with van der Waals surface area (Å²) < 4.78 is 96.5. The summed E-state index contributed by atoms with van der Waals surface area (Å²) in [5, 5.41) is 283. The standard InChI is InChI=1S/C95H168N4O45/c1-7-9-11-13-15-17-19-21-22-23-24-26-28-30-32-34-36-38-62(113)99-52(53(110)37-35-33-31-29-27-25-20-18-16-14-12-10-8-2)47-129-89-75(123)73(121)80(60(45-105)136-89)138-92-76(124)84(68(116)56(41-101)132-92)141-87-64(97-50(5)108)71(119)79(59(44-104)134-87)137-91-77(125)85(69(117)57(42-102)131-91)142-88-65(98-51(6)109)83(81(61(46-106)135-88)139-90-74(122)72(120)66(114)48(3)130-90)140-93-78(126)86(70(118)58(43-103)133-93)144-95(94(127)128)39-54(111)63(96-49(4)107)82(143-95)67(115)55(112)40-100/h35,37,48,52-61,63-93,100-106,110-112,114-126H,7-34,36,38-47H2,1-6H3,(H,96,107)(H,97,108)(H,98,109)(H,99,113)(H,127,128)/b37-35+/t48?,52-,53+,54?,55+,56?,57?,58?,59?,60?,61?,63+,64?,65?,66+,67+,68-,69-,70-,71+,72?,73+,74-,75?,76?,77?,78?,79+,80+,81+,82?,83+,84-,85-,86-,87-,88-,89+,90+,91-,92-,93-,95-/m0/s1. The maximum Gasteiger partial charge on any atom is 0.364 e. The van der Waals surface area contributed by atoms with E-state index in [4.69, 9.17) is 75.8 Å². The summed E-state index contributed by atoms with van der Waals surface area (Å²) in [6.45, 7) is -0.251. The van der Waals surface area contributed by atoms with E-state index in [1.165, 1.54) is 122 Å². The van der Waals surface area contributed by atoms with E-state index in [2.05, 4.69) is 35.1 Å². The molecule has 8 fully saturated rings. The highest BCUT2D eigenvalue weighted by Gasteiger charge is 2.64. The Hall–Kier alpha value is -4.47. The summed E-state index contributed by atoms with van der Waals surface area (Å²) >= 11 is 0. The largest absolute Gasteiger partial charge is 0.477 e. The molecule has 8 heterocycles. The van der Waals surface area contributed by atoms with Crippen LogP contribution in [-0.4, -0.2) is 468 Å². The number of amides is 4. The minimum absolute atomic E-state index is 0.140. The molecule has 0 aromatic rings. The Kier molecular flexibility index (Phi) is 54.8. The predicted molar refractivity (Wildman–Crippen MR) is 496 cm³/mol. The van der Waals surface area contributed by atoms with Crippen LogP contribution in [0, 0.1) is 0 Å². The van der Waals surface area contributed by atoms with Crippen molar-refractivity contribution in [3.63, 3.8) is 0 Å². The third-order valence-electron chi connectivity index (χ3n) is 27.8. The van der Waals surface area contributed by atoms with Gasteiger partial charge in [0.2, 0.25) is 23.6 Å². The Morgan fingerprint density at radius 2 is 0.736 bits per heavy atom. The zero-order valence-electron chi connectivity index (χ0n) is 83.3. The van der Waals surface area contributed by atoms with Crippen LogP contribution in [0.4, 0.5) is 0 Å². The van der Waals surface area contributed by atoms with E-state index in [9.17, 15) is 147 Å². The third-order valence-corrected chi connectivity index (χ3v) is 27.8. The van der Waals surface area contributed by atoms with Crippen molar-refractivity contribution in [1.82, 2.24) is 21.3 Å². The molecule has 8 saturated heterocycles. The molecule has 0 spiro atoms. The van der Waals surface area contributed by atoms with Gasteiger partial charge in [0, 0.05) is 33.6 Å². The van der Waals surface area contributed by atoms with Crippen LogP contribution >= 0.6 is 0 Å². The number of hydrogen-bond donors (Lipinski definition) is 28. The first-order valence-corrected chi connectivity index (χ1v) is 51.5. The quantitative estimate of drug-likeness (QED) is 0.0199. The van der Waals surface area contributed by atoms with Gasteiger partial charge in [-0.15, -0.1) is 0 Å². The fourth-order valence-electron chi connectivity index (χ4n) is 19.5. The van der Waals surface area contributed by atoms with Gasteiger partial charge in [-0.1, -0.05) is 193 Å². The van der Waals surface area contributed by atoms with Crippen molar-refractivity contribution in [1.29, 1.82) is 0 Å². The molecule has 0 saturated carbocycles. The number of rotatable bonds is 63. The number of carbonyl (C=O) groups is 5. The number of carbonyl (C=O) groups excluding carboxylic acids is 4. The molecule has 0 aromatic carbocycles. The highest BCUT2D eigenvalue weighted by atomic mass is 16.8. The number of aliphatic hydroxyl groups excluding tert-OH is 23. The lowest BCUT2D eigenvalue weighted by atomic mass is 9.88. The monoisotopic (exact) mass is 2090 g/mol. The van der Waals surface area contributed by atoms with E-state index in [0.717, 1.165) is 78.6 Å². The number of allylic oxidation sites excluding steroid dienone is 1. The van der Waals surface area contributed by atoms with Gasteiger partial charge in [0.1, 0.15) is 183 Å². The van der Waals surface area contributed by atoms with Gasteiger partial charge >= 0.3 is 5.97 Å². The van der Waals surface area contributed by atoms with Crippen LogP contribution in [0.1, 0.15) is 241 Å². The summed E-state index contributed by atoms with van der Waals surface area (Å²) in [6, 6.07) is -7.00. The minimum Gasteiger partial charge on any atom is -0.477 e. The smallest absolute Gasteiger partial charge is 0.364 e. The van der Waals surface area contributed by atoms with Crippen molar-refractivity contribution in [3.05, 3.63) is 12.2 Å². The lowest BCUT2D eigenvalue weighted by Crippen LogP contribution is -2.72. The van der Waals surface area contributed by atoms with Crippen molar-refractivity contribution in [3.8, 4) is 0 Å². The lowest BCUT2D eigenvalue weighted by Gasteiger charge is -2.52. The normalized spacial score (nSPS) is 38.4. The molecule has 8 rings (SSSR count). The molecule has 0 aromatic heterocycles. The van der Waals surface area contributed by atoms with Gasteiger partial charge in [0.25, 0.3) is 5.79 Å². The molecule has 16 unspecified atom stereocenters. The van der Waals surface area contributed by atoms with Crippen LogP contribution in [0.25, 0.3) is 0 Å². The number of unbranched alkanes of at least 4 members (excludes halogenated alkanes) is 27. The predicted octanol–water partition coefficient (Wildman–Crippen LogP) is -5.62. The van der Waals surface area contributed by atoms with E-state index in [1.807, 2.05) is 6.08 Å². The molecule has 49 nitrogen and oxygen atoms in total. The molecule has 0 bridgehead atoms. The average Bonchev–Trinajstić information content (AvgIpc) is 0.750. The number of carboxylic acids is 1. The summed E-state index contributed by atoms with van der Waals surface area (Å²) in [6.07, 6.45) is -44.9. The summed E-state index contributed by atoms with van der Waals surface area (Å²) in [5.41, 5.74) is 0. The molecule has 0 aliphatic carbocycles. The number of hydrogen-bond acceptors (Lipinski definition) is 44. The van der Waals surface area contributed by atoms with Crippen molar-refractivity contribution in [2.75, 3.05) is 52.9 Å². The van der Waals surface area contributed by atoms with Gasteiger partial charge in [-0.3, -0.25) is 19.2 Å². The fraction of sp³-hybridized carbons (Fsp3) is 0.926. The van der Waals surface area contributed by atoms with Gasteiger partial charge in [0.05, 0.1) is 83.3 Å². The van der Waals surface area contributed by atoms with Crippen LogP contribution in [0.15, 0.2) is 12.2 Å². The van der Waals surface area contributed by atoms with Crippen LogP contribution < -0.4 is 21.3 Å². The maximum atomic E-state index is 13.7. The maximum absolute atomic E-state index is 13.7. The topological polar surface area (TPSA) is 767 Å². The first-order valence-electron chi connectivity index (χ1n) is 51.5. The number of ether oxygens (including phenoxy) is 16. The van der Waals surface area contributed by atoms with Gasteiger partial charge in [0.15, 0.2) is 44.0 Å². The third kappa shape index (κ3) is 35.3. The van der Waals surface area contributed by atoms with Crippen molar-refractivity contribution in [2.24, 2.45) is 0 Å². The molecule has 49 heteroatoms. The number of nitrogens with one attached hydrogen (secondary N) is 4. The molecular weight excluding hydrogens is 1920 g/mol. The average molecular weight is 2090 g/mol. The molecule has 4 amide bonds. The van der Waals surface area contributed by atoms with E-state index in [0.29, 0.717) is 12.8 Å². The van der Waals surface area contributed by atoms with Crippen LogP contribution in [0.5, 0.6) is 0 Å². The molecule has 43 atom stereocenters. The van der Waals surface area contributed by atoms with Crippen LogP contribution in [-0.2, 0) is 99.8 Å². The Bertz CT molecular complexity index is 3660. The van der Waals surface area contributed by atoms with Gasteiger partial charge < -0.3 is 220 Å². The zero-order chi connectivity index (χ0) is 106. The molecule has 28 N–H and O–H groups in total. The minimum atomic E-state index is -3.36. The Labute approximate surface area is 838 Å². The summed E-state index contributed by atoms with van der Waals surface area (Å²) in [7, 11) is 0. The van der Waals surface area contributed by atoms with E-state index in [-0.39, 0.29) is 12.3 Å². The van der Waals surface area contributed by atoms with Crippen molar-refractivity contribution < 1.29 is 222 Å². The van der Waals surface area contributed by atoms with Crippen LogP contribution in [0.2, 0.25) is 0 Å². The molecule has 0 radical (unpaired) electrons. The van der Waals surface area contributed by atoms with Crippen molar-refractivity contribution in [2.45, 2.75) is 504 Å². The Morgan fingerprint density at radius 3 is 1.18 bits per heavy atom. The van der Waals surface area contributed by atoms with Gasteiger partial charge in [-0.25, -0.2) is 4.79 Å². The second-order valence-corrected chi connectivity index (χ2v) is 39.1. The Morgan fingerprint density at radius 1 is 0.375 bits per heavy atom. The second-order valence-electron chi connectivity index (χ2n) is 39.1. The molecule has 8 aliphatic rings. The molecule has 8 aliphatic heterocycles. The van der Waals surface area contributed by atoms with E-state index >= 15 is 0 Å². The first kappa shape index (κ1) is 125. The van der Waals surface area contributed by atoms with Gasteiger partial charge in [-0.2, -0.15) is 0 Å². The first-order chi connectivity index (χ1) is 68.8. The van der Waals surface area contributed by atoms with E-state index in [1.54, 1.807) is 6.08 Å². The van der Waals surface area contributed by atoms with Crippen LogP contribution in [0.3, 0.4) is 0 Å². The SMILES string of the molecule is CCCCCCCCCCCCC/C=C/[C@@H](O)[C@H](CO[C@@H]1OC(CO)[C@@H](O[C@@H]2OC(CO)[C@H](O)[C@H](O[C@@H]3OC(CO)[C@@H](O[C@@H]4OC(CO)[C@H](O)[C@H](O[C@@H]5OC(CO)[C@@H](O[C@H]6OC(C)[C@@H](O)C(O)[C@@H]6O)[C@H](O[C@@H]6OC(CO)[C@H](O)[C@H](O[C@]7(C(=O)O)CC(O)[C@@H](NC(C)=O)C([C@H](O)[C@H](O)CO)O7)C6O)C5NC(C)=O)C4O)[C@H](O)C3NC(C)=O)C2O)[C@H](O)C1O)NC(=O)CCCCCCCCCCCCCCCCCCC. The molecule has 144 heavy (non-hydrogen) atoms. The lowest BCUT2D eigenvalue weighted by molar-refractivity contribution is -0.399. The molecule has 838 valence electrons. The second kappa shape index (κ2) is 63.3.